The van der Waals surface area contributed by atoms with Gasteiger partial charge in [-0.1, -0.05) is 213 Å². The van der Waals surface area contributed by atoms with E-state index < -0.39 is 5.41 Å². The first kappa shape index (κ1) is 65.8. The number of esters is 4. The Bertz CT molecular complexity index is 1230. The van der Waals surface area contributed by atoms with E-state index in [-0.39, 0.29) is 107 Å². The van der Waals surface area contributed by atoms with Crippen molar-refractivity contribution in [2.75, 3.05) is 46.5 Å². The van der Waals surface area contributed by atoms with Gasteiger partial charge in [0, 0.05) is 50.9 Å². The molecule has 0 saturated carbocycles. The lowest BCUT2D eigenvalue weighted by Crippen LogP contribution is -3.00. The number of hydrogen-bond donors (Lipinski definition) is 0. The van der Waals surface area contributed by atoms with Crippen LogP contribution in [0.15, 0.2) is 0 Å². The minimum Gasteiger partial charge on any atom is -1.00 e. The SMILES string of the molecule is CCCCCCCCCCCCCC(=O)OCC(COC(=O)CCCCCCCCCCCCC)(COC(=O)CCCCCCCCCCCCC)CC(=O)CCC(=O)OC1C[N+]2(C)CCC1CC2.[Cl-]. The van der Waals surface area contributed by atoms with Crippen molar-refractivity contribution in [1.29, 1.82) is 0 Å². The maximum absolute atomic E-state index is 13.9. The molecule has 0 aromatic rings. The number of Topliss-reactive ketones (excluding diaryl/α,β-unsaturated/α-hetero) is 1. The standard InChI is InChI=1S/C59H108NO9.ClH/c1-5-8-11-14-17-20-23-26-29-32-35-38-55(62)66-49-59(50-67-56(63)39-36-33-30-27-24-21-18-15-12-9-6-2,51-68-57(64)40-37-34-31-28-25-22-19-16-13-10-7-3)47-53(61)41-42-58(65)69-54-48-60(4)45-43-52(54)44-46-60;/h52,54H,5-51H2,1-4H3;1H/q+1;/p-1. The molecule has 1 atom stereocenters. The highest BCUT2D eigenvalue weighted by Gasteiger charge is 2.45. The Balaban J connectivity index is 0.0000245. The van der Waals surface area contributed by atoms with Gasteiger partial charge in [-0.05, 0) is 19.3 Å². The van der Waals surface area contributed by atoms with Gasteiger partial charge in [-0.15, -0.1) is 0 Å². The second-order valence-corrected chi connectivity index (χ2v) is 22.2. The van der Waals surface area contributed by atoms with Gasteiger partial charge in [-0.2, -0.15) is 0 Å². The number of hydrogen-bond acceptors (Lipinski definition) is 9. The van der Waals surface area contributed by atoms with Gasteiger partial charge in [0.2, 0.25) is 0 Å². The highest BCUT2D eigenvalue weighted by atomic mass is 35.5. The van der Waals surface area contributed by atoms with Gasteiger partial charge in [0.15, 0.2) is 6.10 Å². The molecule has 0 aromatic heterocycles. The zero-order valence-corrected chi connectivity index (χ0v) is 46.6. The van der Waals surface area contributed by atoms with E-state index in [1.54, 1.807) is 0 Å². The lowest BCUT2D eigenvalue weighted by atomic mass is 9.83. The Kier molecular flexibility index (Phi) is 40.6. The predicted molar refractivity (Wildman–Crippen MR) is 281 cm³/mol. The first-order valence-corrected chi connectivity index (χ1v) is 29.5. The Labute approximate surface area is 435 Å². The zero-order valence-electron chi connectivity index (χ0n) is 45.9. The molecule has 3 rings (SSSR count). The van der Waals surface area contributed by atoms with Crippen LogP contribution in [-0.4, -0.2) is 86.8 Å². The minimum absolute atomic E-state index is 0. The molecule has 3 heterocycles. The second-order valence-electron chi connectivity index (χ2n) is 22.2. The minimum atomic E-state index is -1.28. The Morgan fingerprint density at radius 1 is 0.414 bits per heavy atom. The van der Waals surface area contributed by atoms with E-state index in [2.05, 4.69) is 27.8 Å². The number of unbranched alkanes of at least 4 members (excludes halogenated alkanes) is 30. The maximum Gasteiger partial charge on any atom is 0.306 e. The second kappa shape index (κ2) is 43.2. The highest BCUT2D eigenvalue weighted by Crippen LogP contribution is 2.34. The van der Waals surface area contributed by atoms with Gasteiger partial charge in [0.05, 0.1) is 32.0 Å². The first-order chi connectivity index (χ1) is 33.5. The predicted octanol–water partition coefficient (Wildman–Crippen LogP) is 12.2. The number of ether oxygens (including phenoxy) is 4. The van der Waals surface area contributed by atoms with Crippen molar-refractivity contribution in [3.05, 3.63) is 0 Å². The van der Waals surface area contributed by atoms with Crippen molar-refractivity contribution in [1.82, 2.24) is 0 Å². The summed E-state index contributed by atoms with van der Waals surface area (Å²) in [5, 5.41) is 0. The molecule has 0 aliphatic carbocycles. The zero-order chi connectivity index (χ0) is 50.1. The van der Waals surface area contributed by atoms with Crippen LogP contribution in [0, 0.1) is 11.3 Å². The van der Waals surface area contributed by atoms with Crippen molar-refractivity contribution in [2.45, 2.75) is 290 Å². The molecule has 0 radical (unpaired) electrons. The van der Waals surface area contributed by atoms with Crippen LogP contribution in [0.5, 0.6) is 0 Å². The summed E-state index contributed by atoms with van der Waals surface area (Å²) in [4.78, 5) is 66.8. The third-order valence-electron chi connectivity index (χ3n) is 15.3. The molecule has 1 unspecified atom stereocenters. The fraction of sp³-hybridized carbons (Fsp3) is 0.915. The average molecular weight is 1010 g/mol. The molecule has 3 aliphatic rings. The van der Waals surface area contributed by atoms with Crippen molar-refractivity contribution >= 4 is 29.7 Å². The number of likely N-dealkylation sites (N-methyl/N-ethyl adjacent to an activating group) is 1. The van der Waals surface area contributed by atoms with Crippen molar-refractivity contribution in [3.63, 3.8) is 0 Å². The molecule has 3 saturated heterocycles. The molecule has 70 heavy (non-hydrogen) atoms. The average Bonchev–Trinajstić information content (AvgIpc) is 3.34. The molecule has 10 nitrogen and oxygen atoms in total. The molecule has 3 aliphatic heterocycles. The van der Waals surface area contributed by atoms with Gasteiger partial charge in [-0.3, -0.25) is 24.0 Å². The van der Waals surface area contributed by atoms with Crippen LogP contribution >= 0.6 is 0 Å². The molecule has 410 valence electrons. The van der Waals surface area contributed by atoms with Crippen LogP contribution in [-0.2, 0) is 42.9 Å². The van der Waals surface area contributed by atoms with E-state index in [1.807, 2.05) is 0 Å². The number of halogens is 1. The number of fused-ring (bicyclic) bond motifs is 3. The normalized spacial score (nSPS) is 17.5. The van der Waals surface area contributed by atoms with Crippen LogP contribution in [0.25, 0.3) is 0 Å². The molecule has 0 N–H and O–H groups in total. The van der Waals surface area contributed by atoms with Crippen molar-refractivity contribution < 1.29 is 59.8 Å². The Hall–Kier alpha value is -2.20. The molecule has 0 aromatic carbocycles. The fourth-order valence-corrected chi connectivity index (χ4v) is 10.5. The van der Waals surface area contributed by atoms with E-state index in [0.29, 0.717) is 25.2 Å². The number of quaternary nitrogens is 1. The summed E-state index contributed by atoms with van der Waals surface area (Å²) in [6.45, 7) is 9.08. The van der Waals surface area contributed by atoms with E-state index in [4.69, 9.17) is 18.9 Å². The van der Waals surface area contributed by atoms with Crippen LogP contribution in [0.2, 0.25) is 0 Å². The molecule has 0 spiro atoms. The monoisotopic (exact) mass is 1010 g/mol. The third kappa shape index (κ3) is 34.3. The van der Waals surface area contributed by atoms with Gasteiger partial charge >= 0.3 is 23.9 Å². The summed E-state index contributed by atoms with van der Waals surface area (Å²) in [5.41, 5.74) is -1.28. The van der Waals surface area contributed by atoms with Crippen LogP contribution in [0.3, 0.4) is 0 Å². The highest BCUT2D eigenvalue weighted by molar-refractivity contribution is 5.83. The molecule has 0 amide bonds. The lowest BCUT2D eigenvalue weighted by Gasteiger charge is -2.49. The number of carbonyl (C=O) groups is 5. The summed E-state index contributed by atoms with van der Waals surface area (Å²) in [7, 11) is 2.22. The van der Waals surface area contributed by atoms with Gasteiger partial charge in [0.25, 0.3) is 0 Å². The van der Waals surface area contributed by atoms with Crippen molar-refractivity contribution in [3.8, 4) is 0 Å². The largest absolute Gasteiger partial charge is 1.00 e. The lowest BCUT2D eigenvalue weighted by molar-refractivity contribution is -0.928. The molecule has 2 bridgehead atoms. The third-order valence-corrected chi connectivity index (χ3v) is 15.3. The quantitative estimate of drug-likeness (QED) is 0.0254. The van der Waals surface area contributed by atoms with Crippen LogP contribution in [0.4, 0.5) is 0 Å². The fourth-order valence-electron chi connectivity index (χ4n) is 10.5. The number of ketones is 1. The summed E-state index contributed by atoms with van der Waals surface area (Å²) in [5.74, 6) is -1.38. The first-order valence-electron chi connectivity index (χ1n) is 29.5. The molecule has 11 heteroatoms. The number of piperidine rings is 3. The topological polar surface area (TPSA) is 122 Å². The molecular weight excluding hydrogens is 902 g/mol. The maximum atomic E-state index is 13.9. The van der Waals surface area contributed by atoms with Gasteiger partial charge in [0.1, 0.15) is 32.1 Å². The number of rotatable bonds is 48. The van der Waals surface area contributed by atoms with Gasteiger partial charge in [-0.25, -0.2) is 0 Å². The summed E-state index contributed by atoms with van der Waals surface area (Å²) >= 11 is 0. The van der Waals surface area contributed by atoms with E-state index in [1.165, 1.54) is 135 Å². The van der Waals surface area contributed by atoms with Crippen LogP contribution < -0.4 is 12.4 Å². The number of nitrogens with zero attached hydrogens (tertiary/aromatic N) is 1. The van der Waals surface area contributed by atoms with Crippen molar-refractivity contribution in [2.24, 2.45) is 11.3 Å². The summed E-state index contributed by atoms with van der Waals surface area (Å²) < 4.78 is 24.6. The molecule has 3 fully saturated rings. The number of carbonyl (C=O) groups excluding carboxylic acids is 5. The Morgan fingerprint density at radius 2 is 0.714 bits per heavy atom. The van der Waals surface area contributed by atoms with E-state index in [9.17, 15) is 24.0 Å². The summed E-state index contributed by atoms with van der Waals surface area (Å²) in [6.07, 6.45) is 41.2. The molecular formula is C59H108ClNO9. The van der Waals surface area contributed by atoms with Gasteiger partial charge < -0.3 is 35.8 Å². The van der Waals surface area contributed by atoms with E-state index >= 15 is 0 Å². The smallest absolute Gasteiger partial charge is 0.306 e. The van der Waals surface area contributed by atoms with Crippen LogP contribution in [0.1, 0.15) is 284 Å². The van der Waals surface area contributed by atoms with E-state index in [0.717, 1.165) is 94.7 Å². The Morgan fingerprint density at radius 3 is 1.01 bits per heavy atom. The summed E-state index contributed by atoms with van der Waals surface area (Å²) in [6, 6.07) is 0.